The van der Waals surface area contributed by atoms with Crippen molar-refractivity contribution in [3.05, 3.63) is 35.4 Å². The van der Waals surface area contributed by atoms with Gasteiger partial charge in [-0.1, -0.05) is 24.3 Å². The molecule has 1 aliphatic rings. The van der Waals surface area contributed by atoms with E-state index in [-0.39, 0.29) is 0 Å². The van der Waals surface area contributed by atoms with E-state index in [1.807, 2.05) is 24.3 Å². The molecule has 0 saturated carbocycles. The smallest absolute Gasteiger partial charge is 0.264 e. The van der Waals surface area contributed by atoms with Gasteiger partial charge >= 0.3 is 0 Å². The summed E-state index contributed by atoms with van der Waals surface area (Å²) in [5.41, 5.74) is 1.75. The molecule has 4 atom stereocenters. The average molecular weight is 316 g/mol. The van der Waals surface area contributed by atoms with E-state index in [1.165, 1.54) is 14.2 Å². The van der Waals surface area contributed by atoms with E-state index in [0.717, 1.165) is 17.4 Å². The Hall–Kier alpha value is -0.990. The third-order valence-corrected chi connectivity index (χ3v) is 4.17. The molecule has 1 aromatic carbocycles. The molecule has 0 N–H and O–H groups in total. The van der Waals surface area contributed by atoms with Crippen LogP contribution in [0.25, 0.3) is 0 Å². The van der Waals surface area contributed by atoms with Crippen molar-refractivity contribution in [1.29, 1.82) is 0 Å². The number of rotatable bonds is 5. The van der Waals surface area contributed by atoms with Crippen LogP contribution in [0.4, 0.5) is 0 Å². The Kier molecular flexibility index (Phi) is 5.00. The Balaban J connectivity index is 2.53. The van der Waals surface area contributed by atoms with Gasteiger partial charge in [-0.15, -0.1) is 0 Å². The van der Waals surface area contributed by atoms with Crippen molar-refractivity contribution < 1.29 is 26.8 Å². The first-order chi connectivity index (χ1) is 9.92. The zero-order chi connectivity index (χ0) is 15.6. The first-order valence-electron chi connectivity index (χ1n) is 6.48. The first kappa shape index (κ1) is 16.4. The Morgan fingerprint density at radius 2 is 1.33 bits per heavy atom. The summed E-state index contributed by atoms with van der Waals surface area (Å²) in [5.74, 6) is 0. The molecule has 7 heteroatoms. The normalized spacial score (nSPS) is 29.1. The lowest BCUT2D eigenvalue weighted by Gasteiger charge is -2.41. The van der Waals surface area contributed by atoms with Crippen LogP contribution in [0, 0.1) is 0 Å². The lowest BCUT2D eigenvalue weighted by Crippen LogP contribution is -2.46. The van der Waals surface area contributed by atoms with E-state index in [1.54, 1.807) is 7.11 Å². The predicted molar refractivity (Wildman–Crippen MR) is 76.5 cm³/mol. The van der Waals surface area contributed by atoms with Crippen LogP contribution >= 0.6 is 0 Å². The highest BCUT2D eigenvalue weighted by Crippen LogP contribution is 2.42. The molecular formula is C14H20O6S. The van der Waals surface area contributed by atoms with Gasteiger partial charge in [0.2, 0.25) is 0 Å². The number of ether oxygens (including phenoxy) is 3. The highest BCUT2D eigenvalue weighted by Gasteiger charge is 2.46. The van der Waals surface area contributed by atoms with Crippen LogP contribution in [0.3, 0.4) is 0 Å². The number of hydrogen-bond donors (Lipinski definition) is 0. The van der Waals surface area contributed by atoms with Gasteiger partial charge in [-0.05, 0) is 11.1 Å². The second-order valence-electron chi connectivity index (χ2n) is 4.91. The molecule has 21 heavy (non-hydrogen) atoms. The van der Waals surface area contributed by atoms with Crippen LogP contribution in [0.1, 0.15) is 23.3 Å². The Labute approximate surface area is 125 Å². The molecular weight excluding hydrogens is 296 g/mol. The third-order valence-electron chi connectivity index (χ3n) is 3.60. The van der Waals surface area contributed by atoms with Crippen LogP contribution in [-0.2, 0) is 28.5 Å². The molecule has 0 aliphatic heterocycles. The van der Waals surface area contributed by atoms with Gasteiger partial charge in [0.05, 0.1) is 6.26 Å². The van der Waals surface area contributed by atoms with E-state index in [0.29, 0.717) is 0 Å². The minimum atomic E-state index is -3.66. The topological polar surface area (TPSA) is 71.1 Å². The molecule has 0 unspecified atom stereocenters. The average Bonchev–Trinajstić information content (AvgIpc) is 2.44. The molecule has 0 spiro atoms. The van der Waals surface area contributed by atoms with E-state index >= 15 is 0 Å². The lowest BCUT2D eigenvalue weighted by molar-refractivity contribution is -0.140. The Bertz CT molecular complexity index is 585. The van der Waals surface area contributed by atoms with E-state index < -0.39 is 34.5 Å². The Morgan fingerprint density at radius 3 is 1.71 bits per heavy atom. The van der Waals surface area contributed by atoms with Crippen molar-refractivity contribution in [3.8, 4) is 0 Å². The fourth-order valence-electron chi connectivity index (χ4n) is 2.81. The molecule has 0 heterocycles. The van der Waals surface area contributed by atoms with Gasteiger partial charge < -0.3 is 14.2 Å². The van der Waals surface area contributed by atoms with Gasteiger partial charge in [0.25, 0.3) is 10.1 Å². The molecule has 2 rings (SSSR count). The molecule has 0 radical (unpaired) electrons. The molecule has 6 nitrogen and oxygen atoms in total. The van der Waals surface area contributed by atoms with Gasteiger partial charge in [-0.3, -0.25) is 4.18 Å². The number of methoxy groups -OCH3 is 3. The number of hydrogen-bond acceptors (Lipinski definition) is 6. The fraction of sp³-hybridized carbons (Fsp3) is 0.571. The quantitative estimate of drug-likeness (QED) is 0.766. The molecule has 0 fully saturated rings. The molecule has 0 aromatic heterocycles. The van der Waals surface area contributed by atoms with Crippen molar-refractivity contribution >= 4 is 10.1 Å². The highest BCUT2D eigenvalue weighted by atomic mass is 32.2. The minimum Gasteiger partial charge on any atom is -0.375 e. The van der Waals surface area contributed by atoms with E-state index in [9.17, 15) is 8.42 Å². The van der Waals surface area contributed by atoms with Crippen LogP contribution in [-0.4, -0.2) is 48.2 Å². The maximum atomic E-state index is 11.6. The molecule has 1 aromatic rings. The monoisotopic (exact) mass is 316 g/mol. The second-order valence-corrected chi connectivity index (χ2v) is 6.51. The van der Waals surface area contributed by atoms with E-state index in [2.05, 4.69) is 0 Å². The van der Waals surface area contributed by atoms with Crippen LogP contribution in [0.2, 0.25) is 0 Å². The van der Waals surface area contributed by atoms with Gasteiger partial charge in [0.15, 0.2) is 0 Å². The van der Waals surface area contributed by atoms with Gasteiger partial charge in [-0.2, -0.15) is 8.42 Å². The summed E-state index contributed by atoms with van der Waals surface area (Å²) in [5, 5.41) is 0. The minimum absolute atomic E-state index is 0.427. The number of benzene rings is 1. The summed E-state index contributed by atoms with van der Waals surface area (Å²) in [6, 6.07) is 7.54. The summed E-state index contributed by atoms with van der Waals surface area (Å²) in [6.07, 6.45) is -1.37. The van der Waals surface area contributed by atoms with Crippen molar-refractivity contribution in [2.75, 3.05) is 27.6 Å². The van der Waals surface area contributed by atoms with Crippen molar-refractivity contribution in [2.45, 2.75) is 24.4 Å². The molecule has 118 valence electrons. The van der Waals surface area contributed by atoms with Crippen LogP contribution < -0.4 is 0 Å². The first-order valence-corrected chi connectivity index (χ1v) is 8.30. The lowest BCUT2D eigenvalue weighted by atomic mass is 9.83. The SMILES string of the molecule is CO[C@H]1[C@H](OS(C)(=O)=O)[C@@H](OC)c2ccccc2[C@@H]1OC. The Morgan fingerprint density at radius 1 is 0.857 bits per heavy atom. The van der Waals surface area contributed by atoms with E-state index in [4.69, 9.17) is 18.4 Å². The molecule has 0 bridgehead atoms. The fourth-order valence-corrected chi connectivity index (χ4v) is 3.43. The van der Waals surface area contributed by atoms with Crippen molar-refractivity contribution in [1.82, 2.24) is 0 Å². The predicted octanol–water partition coefficient (Wildman–Crippen LogP) is 1.44. The summed E-state index contributed by atoms with van der Waals surface area (Å²) >= 11 is 0. The summed E-state index contributed by atoms with van der Waals surface area (Å²) < 4.78 is 44.8. The van der Waals surface area contributed by atoms with Gasteiger partial charge in [-0.25, -0.2) is 0 Å². The molecule has 1 aliphatic carbocycles. The number of fused-ring (bicyclic) bond motifs is 1. The van der Waals surface area contributed by atoms with Crippen LogP contribution in [0.5, 0.6) is 0 Å². The van der Waals surface area contributed by atoms with Gasteiger partial charge in [0, 0.05) is 21.3 Å². The van der Waals surface area contributed by atoms with Crippen molar-refractivity contribution in [2.24, 2.45) is 0 Å². The van der Waals surface area contributed by atoms with Gasteiger partial charge in [0.1, 0.15) is 24.4 Å². The zero-order valence-corrected chi connectivity index (χ0v) is 13.3. The largest absolute Gasteiger partial charge is 0.375 e. The molecule has 0 saturated heterocycles. The standard InChI is InChI=1S/C14H20O6S/c1-17-11-9-7-5-6-8-10(9)12(18-2)14(13(11)19-3)20-21(4,15)16/h5-8,11-14H,1-4H3/t11-,12-,13+,14+/m0/s1. The maximum Gasteiger partial charge on any atom is 0.264 e. The maximum absolute atomic E-state index is 11.6. The highest BCUT2D eigenvalue weighted by molar-refractivity contribution is 7.86. The summed E-state index contributed by atoms with van der Waals surface area (Å²) in [4.78, 5) is 0. The summed E-state index contributed by atoms with van der Waals surface area (Å²) in [6.45, 7) is 0. The van der Waals surface area contributed by atoms with Crippen molar-refractivity contribution in [3.63, 3.8) is 0 Å². The summed E-state index contributed by atoms with van der Waals surface area (Å²) in [7, 11) is 0.904. The zero-order valence-electron chi connectivity index (χ0n) is 12.5. The third kappa shape index (κ3) is 3.27. The van der Waals surface area contributed by atoms with Crippen LogP contribution in [0.15, 0.2) is 24.3 Å². The second kappa shape index (κ2) is 6.41. The molecule has 0 amide bonds.